The second-order valence-electron chi connectivity index (χ2n) is 4.77. The van der Waals surface area contributed by atoms with Crippen molar-refractivity contribution < 1.29 is 14.5 Å². The lowest BCUT2D eigenvalue weighted by Gasteiger charge is -2.19. The summed E-state index contributed by atoms with van der Waals surface area (Å²) in [6, 6.07) is 1.26. The van der Waals surface area contributed by atoms with Crippen molar-refractivity contribution in [1.82, 2.24) is 10.3 Å². The molecule has 1 rings (SSSR count). The molecule has 0 saturated carbocycles. The van der Waals surface area contributed by atoms with Crippen LogP contribution in [-0.4, -0.2) is 21.6 Å². The number of hydrogen-bond acceptors (Lipinski definition) is 5. The number of halogens is 1. The highest BCUT2D eigenvalue weighted by Crippen LogP contribution is 2.22. The van der Waals surface area contributed by atoms with Crippen molar-refractivity contribution in [2.75, 3.05) is 0 Å². The van der Waals surface area contributed by atoms with Gasteiger partial charge in [0.25, 0.3) is 0 Å². The molecule has 0 fully saturated rings. The van der Waals surface area contributed by atoms with Gasteiger partial charge in [-0.25, -0.2) is 9.78 Å². The van der Waals surface area contributed by atoms with Gasteiger partial charge in [-0.2, -0.15) is 0 Å². The largest absolute Gasteiger partial charge is 0.444 e. The minimum absolute atomic E-state index is 0.0694. The van der Waals surface area contributed by atoms with Crippen molar-refractivity contribution in [3.63, 3.8) is 0 Å². The molecular formula is C11H14ClN3O4. The van der Waals surface area contributed by atoms with E-state index in [1.165, 1.54) is 12.3 Å². The third-order valence-corrected chi connectivity index (χ3v) is 2.20. The lowest BCUT2D eigenvalue weighted by molar-refractivity contribution is -0.385. The molecule has 1 N–H and O–H groups in total. The van der Waals surface area contributed by atoms with E-state index in [1.54, 1.807) is 20.8 Å². The van der Waals surface area contributed by atoms with E-state index in [0.29, 0.717) is 5.56 Å². The summed E-state index contributed by atoms with van der Waals surface area (Å²) in [4.78, 5) is 25.1. The Morgan fingerprint density at radius 1 is 1.58 bits per heavy atom. The van der Waals surface area contributed by atoms with Gasteiger partial charge >= 0.3 is 11.8 Å². The highest BCUT2D eigenvalue weighted by atomic mass is 35.5. The number of nitrogens with zero attached hydrogens (tertiary/aromatic N) is 2. The van der Waals surface area contributed by atoms with Crippen LogP contribution in [0, 0.1) is 10.1 Å². The molecule has 0 atom stereocenters. The second kappa shape index (κ2) is 5.83. The Bertz CT molecular complexity index is 499. The lowest BCUT2D eigenvalue weighted by atomic mass is 10.2. The molecule has 7 nitrogen and oxygen atoms in total. The molecule has 1 heterocycles. The van der Waals surface area contributed by atoms with Gasteiger partial charge < -0.3 is 10.1 Å². The highest BCUT2D eigenvalue weighted by Gasteiger charge is 2.17. The summed E-state index contributed by atoms with van der Waals surface area (Å²) in [5.41, 5.74) is -0.443. The Hall–Kier alpha value is -1.89. The standard InChI is InChI=1S/C11H14ClN3O4/c1-11(2,3)19-10(16)14-6-7-4-8(15(17)18)9(12)13-5-7/h4-5H,6H2,1-3H3,(H,14,16). The van der Waals surface area contributed by atoms with Crippen LogP contribution in [0.5, 0.6) is 0 Å². The number of carbonyl (C=O) groups excluding carboxylic acids is 1. The van der Waals surface area contributed by atoms with Crippen LogP contribution in [0.3, 0.4) is 0 Å². The monoisotopic (exact) mass is 287 g/mol. The number of carbonyl (C=O) groups is 1. The SMILES string of the molecule is CC(C)(C)OC(=O)NCc1cnc(Cl)c([N+](=O)[O-])c1. The van der Waals surface area contributed by atoms with Crippen LogP contribution in [-0.2, 0) is 11.3 Å². The summed E-state index contributed by atoms with van der Waals surface area (Å²) in [6.45, 7) is 5.28. The van der Waals surface area contributed by atoms with Crippen molar-refractivity contribution in [2.24, 2.45) is 0 Å². The second-order valence-corrected chi connectivity index (χ2v) is 5.12. The van der Waals surface area contributed by atoms with Crippen LogP contribution in [0.15, 0.2) is 12.3 Å². The summed E-state index contributed by atoms with van der Waals surface area (Å²) >= 11 is 5.58. The Morgan fingerprint density at radius 2 is 2.21 bits per heavy atom. The third kappa shape index (κ3) is 5.09. The van der Waals surface area contributed by atoms with Crippen LogP contribution in [0.4, 0.5) is 10.5 Å². The first-order chi connectivity index (χ1) is 8.69. The molecule has 0 unspecified atom stereocenters. The van der Waals surface area contributed by atoms with Gasteiger partial charge in [0.1, 0.15) is 5.60 Å². The molecule has 0 aliphatic heterocycles. The maximum atomic E-state index is 11.4. The van der Waals surface area contributed by atoms with Crippen LogP contribution in [0.2, 0.25) is 5.15 Å². The number of pyridine rings is 1. The molecule has 8 heteroatoms. The molecule has 1 aromatic rings. The average Bonchev–Trinajstić information content (AvgIpc) is 2.25. The van der Waals surface area contributed by atoms with Crippen molar-refractivity contribution >= 4 is 23.4 Å². The van der Waals surface area contributed by atoms with Gasteiger partial charge in [-0.05, 0) is 26.3 Å². The lowest BCUT2D eigenvalue weighted by Crippen LogP contribution is -2.32. The van der Waals surface area contributed by atoms with Crippen LogP contribution < -0.4 is 5.32 Å². The van der Waals surface area contributed by atoms with Crippen molar-refractivity contribution in [3.8, 4) is 0 Å². The minimum atomic E-state index is -0.633. The van der Waals surface area contributed by atoms with E-state index in [0.717, 1.165) is 0 Å². The third-order valence-electron chi connectivity index (χ3n) is 1.91. The molecule has 19 heavy (non-hydrogen) atoms. The Labute approximate surface area is 115 Å². The summed E-state index contributed by atoms with van der Waals surface area (Å²) in [5, 5.41) is 13.0. The smallest absolute Gasteiger partial charge is 0.407 e. The zero-order chi connectivity index (χ0) is 14.6. The predicted molar refractivity (Wildman–Crippen MR) is 69.0 cm³/mol. The van der Waals surface area contributed by atoms with Crippen LogP contribution >= 0.6 is 11.6 Å². The molecule has 0 spiro atoms. The number of alkyl carbamates (subject to hydrolysis) is 1. The van der Waals surface area contributed by atoms with Crippen LogP contribution in [0.25, 0.3) is 0 Å². The summed E-state index contributed by atoms with van der Waals surface area (Å²) in [7, 11) is 0. The number of rotatable bonds is 3. The van der Waals surface area contributed by atoms with Gasteiger partial charge in [-0.3, -0.25) is 10.1 Å². The first-order valence-electron chi connectivity index (χ1n) is 5.45. The number of nitro groups is 1. The zero-order valence-electron chi connectivity index (χ0n) is 10.8. The van der Waals surface area contributed by atoms with Crippen molar-refractivity contribution in [3.05, 3.63) is 33.1 Å². The molecule has 0 radical (unpaired) electrons. The molecule has 0 aliphatic carbocycles. The van der Waals surface area contributed by atoms with E-state index in [2.05, 4.69) is 10.3 Å². The number of hydrogen-bond donors (Lipinski definition) is 1. The van der Waals surface area contributed by atoms with Crippen LogP contribution in [0.1, 0.15) is 26.3 Å². The van der Waals surface area contributed by atoms with Gasteiger partial charge in [0.15, 0.2) is 0 Å². The quantitative estimate of drug-likeness (QED) is 0.524. The van der Waals surface area contributed by atoms with E-state index in [-0.39, 0.29) is 17.4 Å². The maximum Gasteiger partial charge on any atom is 0.407 e. The average molecular weight is 288 g/mol. The number of ether oxygens (including phenoxy) is 1. The van der Waals surface area contributed by atoms with Gasteiger partial charge in [0.05, 0.1) is 4.92 Å². The topological polar surface area (TPSA) is 94.4 Å². The van der Waals surface area contributed by atoms with Crippen molar-refractivity contribution in [1.29, 1.82) is 0 Å². The van der Waals surface area contributed by atoms with Gasteiger partial charge in [0, 0.05) is 18.8 Å². The van der Waals surface area contributed by atoms with Crippen molar-refractivity contribution in [2.45, 2.75) is 32.9 Å². The predicted octanol–water partition coefficient (Wildman–Crippen LogP) is 2.67. The molecular weight excluding hydrogens is 274 g/mol. The molecule has 1 amide bonds. The molecule has 1 aromatic heterocycles. The van der Waals surface area contributed by atoms with Gasteiger partial charge in [-0.1, -0.05) is 11.6 Å². The Morgan fingerprint density at radius 3 is 2.74 bits per heavy atom. The highest BCUT2D eigenvalue weighted by molar-refractivity contribution is 6.31. The first kappa shape index (κ1) is 15.2. The van der Waals surface area contributed by atoms with Gasteiger partial charge in [-0.15, -0.1) is 0 Å². The van der Waals surface area contributed by atoms with E-state index in [4.69, 9.17) is 16.3 Å². The fourth-order valence-electron chi connectivity index (χ4n) is 1.19. The maximum absolute atomic E-state index is 11.4. The number of nitrogens with one attached hydrogen (secondary N) is 1. The zero-order valence-corrected chi connectivity index (χ0v) is 11.5. The molecule has 104 valence electrons. The summed E-state index contributed by atoms with van der Waals surface area (Å²) in [6.07, 6.45) is 0.747. The molecule has 0 bridgehead atoms. The summed E-state index contributed by atoms with van der Waals surface area (Å²) < 4.78 is 5.03. The normalized spacial score (nSPS) is 10.9. The molecule has 0 aromatic carbocycles. The fraction of sp³-hybridized carbons (Fsp3) is 0.455. The van der Waals surface area contributed by atoms with E-state index < -0.39 is 16.6 Å². The Kier molecular flexibility index (Phi) is 4.66. The summed E-state index contributed by atoms with van der Waals surface area (Å²) in [5.74, 6) is 0. The van der Waals surface area contributed by atoms with E-state index in [1.807, 2.05) is 0 Å². The van der Waals surface area contributed by atoms with E-state index >= 15 is 0 Å². The fourth-order valence-corrected chi connectivity index (χ4v) is 1.36. The number of amides is 1. The van der Waals surface area contributed by atoms with E-state index in [9.17, 15) is 14.9 Å². The number of aromatic nitrogens is 1. The molecule has 0 aliphatic rings. The first-order valence-corrected chi connectivity index (χ1v) is 5.82. The minimum Gasteiger partial charge on any atom is -0.444 e. The Balaban J connectivity index is 2.66. The van der Waals surface area contributed by atoms with Gasteiger partial charge in [0.2, 0.25) is 5.15 Å². The molecule has 0 saturated heterocycles.